The van der Waals surface area contributed by atoms with Crippen LogP contribution in [0.3, 0.4) is 0 Å². The third-order valence-electron chi connectivity index (χ3n) is 4.47. The Morgan fingerprint density at radius 1 is 1.12 bits per heavy atom. The second kappa shape index (κ2) is 6.22. The van der Waals surface area contributed by atoms with Crippen LogP contribution in [0.25, 0.3) is 0 Å². The lowest BCUT2D eigenvalue weighted by atomic mass is 9.68. The predicted octanol–water partition coefficient (Wildman–Crippen LogP) is 4.76. The molecule has 102 valence electrons. The van der Waals surface area contributed by atoms with Crippen LogP contribution < -0.4 is 5.32 Å². The van der Waals surface area contributed by atoms with Gasteiger partial charge in [0.25, 0.3) is 0 Å². The Kier molecular flexibility index (Phi) is 5.50. The average molecular weight is 239 g/mol. The number of hydrogen-bond donors (Lipinski definition) is 1. The molecule has 0 bridgehead atoms. The minimum atomic E-state index is 0.471. The van der Waals surface area contributed by atoms with E-state index in [1.807, 2.05) is 0 Å². The molecule has 0 saturated heterocycles. The Morgan fingerprint density at radius 2 is 1.71 bits per heavy atom. The van der Waals surface area contributed by atoms with E-state index in [0.29, 0.717) is 10.8 Å². The first-order valence-electron chi connectivity index (χ1n) is 7.61. The Hall–Kier alpha value is -0.0400. The molecule has 1 unspecified atom stereocenters. The van der Waals surface area contributed by atoms with Gasteiger partial charge >= 0.3 is 0 Å². The van der Waals surface area contributed by atoms with E-state index in [0.717, 1.165) is 12.6 Å². The van der Waals surface area contributed by atoms with Crippen molar-refractivity contribution < 1.29 is 0 Å². The van der Waals surface area contributed by atoms with Crippen molar-refractivity contribution in [2.75, 3.05) is 6.54 Å². The molecule has 0 radical (unpaired) electrons. The van der Waals surface area contributed by atoms with Gasteiger partial charge in [-0.25, -0.2) is 0 Å². The van der Waals surface area contributed by atoms with Crippen molar-refractivity contribution in [2.24, 2.45) is 10.8 Å². The molecule has 1 nitrogen and oxygen atoms in total. The zero-order valence-electron chi connectivity index (χ0n) is 12.7. The van der Waals surface area contributed by atoms with Gasteiger partial charge in [0.15, 0.2) is 0 Å². The average Bonchev–Trinajstić information content (AvgIpc) is 2.23. The first-order valence-corrected chi connectivity index (χ1v) is 7.61. The van der Waals surface area contributed by atoms with Gasteiger partial charge < -0.3 is 5.32 Å². The van der Waals surface area contributed by atoms with E-state index in [4.69, 9.17) is 0 Å². The van der Waals surface area contributed by atoms with Crippen molar-refractivity contribution in [3.8, 4) is 0 Å². The quantitative estimate of drug-likeness (QED) is 0.729. The summed E-state index contributed by atoms with van der Waals surface area (Å²) in [5, 5.41) is 3.77. The molecule has 1 saturated carbocycles. The molecule has 1 heteroatoms. The van der Waals surface area contributed by atoms with Crippen molar-refractivity contribution in [2.45, 2.75) is 85.6 Å². The van der Waals surface area contributed by atoms with Gasteiger partial charge in [-0.15, -0.1) is 0 Å². The maximum Gasteiger partial charge on any atom is 0.0121 e. The van der Waals surface area contributed by atoms with Gasteiger partial charge in [0.1, 0.15) is 0 Å². The highest BCUT2D eigenvalue weighted by Crippen LogP contribution is 2.41. The van der Waals surface area contributed by atoms with Gasteiger partial charge in [0, 0.05) is 6.04 Å². The van der Waals surface area contributed by atoms with Crippen molar-refractivity contribution in [1.29, 1.82) is 0 Å². The summed E-state index contributed by atoms with van der Waals surface area (Å²) in [5.41, 5.74) is 1.03. The zero-order valence-corrected chi connectivity index (χ0v) is 12.7. The molecule has 17 heavy (non-hydrogen) atoms. The molecular formula is C16H33N. The minimum Gasteiger partial charge on any atom is -0.314 e. The van der Waals surface area contributed by atoms with Crippen LogP contribution in [-0.2, 0) is 0 Å². The van der Waals surface area contributed by atoms with Gasteiger partial charge in [0.05, 0.1) is 0 Å². The van der Waals surface area contributed by atoms with Crippen LogP contribution in [0, 0.1) is 10.8 Å². The second-order valence-corrected chi connectivity index (χ2v) is 7.42. The summed E-state index contributed by atoms with van der Waals surface area (Å²) < 4.78 is 0. The lowest BCUT2D eigenvalue weighted by Gasteiger charge is -2.42. The summed E-state index contributed by atoms with van der Waals surface area (Å²) in [4.78, 5) is 0. The Bertz CT molecular complexity index is 208. The van der Waals surface area contributed by atoms with E-state index in [2.05, 4.69) is 39.9 Å². The maximum atomic E-state index is 3.77. The Balaban J connectivity index is 2.57. The van der Waals surface area contributed by atoms with E-state index < -0.39 is 0 Å². The van der Waals surface area contributed by atoms with E-state index in [-0.39, 0.29) is 0 Å². The van der Waals surface area contributed by atoms with Crippen LogP contribution >= 0.6 is 0 Å². The maximum absolute atomic E-state index is 3.77. The first-order chi connectivity index (χ1) is 7.87. The zero-order chi connectivity index (χ0) is 12.9. The predicted molar refractivity (Wildman–Crippen MR) is 77.3 cm³/mol. The molecule has 1 N–H and O–H groups in total. The Labute approximate surface area is 109 Å². The van der Waals surface area contributed by atoms with Gasteiger partial charge in [0.2, 0.25) is 0 Å². The van der Waals surface area contributed by atoms with Gasteiger partial charge in [-0.3, -0.25) is 0 Å². The molecule has 0 amide bonds. The lowest BCUT2D eigenvalue weighted by molar-refractivity contribution is 0.128. The molecule has 0 aromatic rings. The van der Waals surface area contributed by atoms with E-state index in [1.165, 1.54) is 44.9 Å². The number of rotatable bonds is 5. The molecule has 0 aromatic heterocycles. The fourth-order valence-corrected chi connectivity index (χ4v) is 3.23. The third kappa shape index (κ3) is 4.99. The summed E-state index contributed by atoms with van der Waals surface area (Å²) in [5.74, 6) is 0. The monoisotopic (exact) mass is 239 g/mol. The van der Waals surface area contributed by atoms with Crippen LogP contribution in [0.5, 0.6) is 0 Å². The normalized spacial score (nSPS) is 22.4. The molecule has 1 aliphatic rings. The molecule has 1 fully saturated rings. The molecule has 0 aromatic carbocycles. The summed E-state index contributed by atoms with van der Waals surface area (Å²) >= 11 is 0. The lowest BCUT2D eigenvalue weighted by Crippen LogP contribution is -2.45. The summed E-state index contributed by atoms with van der Waals surface area (Å²) in [6.45, 7) is 13.0. The highest BCUT2D eigenvalue weighted by atomic mass is 14.9. The van der Waals surface area contributed by atoms with Crippen LogP contribution in [0.2, 0.25) is 0 Å². The minimum absolute atomic E-state index is 0.471. The summed E-state index contributed by atoms with van der Waals surface area (Å²) in [6.07, 6.45) is 9.85. The highest BCUT2D eigenvalue weighted by molar-refractivity contribution is 4.90. The van der Waals surface area contributed by atoms with Crippen LogP contribution in [0.1, 0.15) is 79.6 Å². The van der Waals surface area contributed by atoms with Crippen LogP contribution in [0.15, 0.2) is 0 Å². The largest absolute Gasteiger partial charge is 0.314 e. The van der Waals surface area contributed by atoms with E-state index >= 15 is 0 Å². The van der Waals surface area contributed by atoms with Crippen molar-refractivity contribution in [1.82, 2.24) is 5.32 Å². The molecule has 1 aliphatic carbocycles. The molecule has 0 spiro atoms. The Morgan fingerprint density at radius 3 is 2.18 bits per heavy atom. The fraction of sp³-hybridized carbons (Fsp3) is 1.00. The molecule has 0 heterocycles. The standard InChI is InChI=1S/C16H33N/c1-6-17-14(10-13-15(2,3)4)16(5)11-8-7-9-12-16/h14,17H,6-13H2,1-5H3. The topological polar surface area (TPSA) is 12.0 Å². The van der Waals surface area contributed by atoms with Crippen molar-refractivity contribution >= 4 is 0 Å². The van der Waals surface area contributed by atoms with Crippen LogP contribution in [0.4, 0.5) is 0 Å². The van der Waals surface area contributed by atoms with Crippen molar-refractivity contribution in [3.63, 3.8) is 0 Å². The SMILES string of the molecule is CCNC(CCC(C)(C)C)C1(C)CCCCC1. The number of hydrogen-bond acceptors (Lipinski definition) is 1. The summed E-state index contributed by atoms with van der Waals surface area (Å²) in [6, 6.07) is 0.729. The van der Waals surface area contributed by atoms with Gasteiger partial charge in [-0.2, -0.15) is 0 Å². The molecule has 1 rings (SSSR count). The third-order valence-corrected chi connectivity index (χ3v) is 4.47. The highest BCUT2D eigenvalue weighted by Gasteiger charge is 2.35. The van der Waals surface area contributed by atoms with Gasteiger partial charge in [-0.05, 0) is 43.1 Å². The first kappa shape index (κ1) is 15.0. The second-order valence-electron chi connectivity index (χ2n) is 7.42. The molecular weight excluding hydrogens is 206 g/mol. The smallest absolute Gasteiger partial charge is 0.0121 e. The summed E-state index contributed by atoms with van der Waals surface area (Å²) in [7, 11) is 0. The molecule has 1 atom stereocenters. The van der Waals surface area contributed by atoms with E-state index in [9.17, 15) is 0 Å². The van der Waals surface area contributed by atoms with Crippen LogP contribution in [-0.4, -0.2) is 12.6 Å². The van der Waals surface area contributed by atoms with E-state index in [1.54, 1.807) is 0 Å². The van der Waals surface area contributed by atoms with Crippen molar-refractivity contribution in [3.05, 3.63) is 0 Å². The fourth-order valence-electron chi connectivity index (χ4n) is 3.23. The molecule has 0 aliphatic heterocycles. The van der Waals surface area contributed by atoms with Gasteiger partial charge in [-0.1, -0.05) is 53.9 Å². The number of nitrogens with one attached hydrogen (secondary N) is 1.